The Morgan fingerprint density at radius 3 is 2.33 bits per heavy atom. The summed E-state index contributed by atoms with van der Waals surface area (Å²) in [6.07, 6.45) is -4.66. The van der Waals surface area contributed by atoms with Gasteiger partial charge in [-0.2, -0.15) is 27.5 Å². The average Bonchev–Trinajstić information content (AvgIpc) is 1.92. The summed E-state index contributed by atoms with van der Waals surface area (Å²) >= 11 is 5.01. The third-order valence-electron chi connectivity index (χ3n) is 0.927. The molecule has 1 aromatic heterocycles. The zero-order chi connectivity index (χ0) is 9.35. The summed E-state index contributed by atoms with van der Waals surface area (Å²) < 4.78 is 47.7. The lowest BCUT2D eigenvalue weighted by Gasteiger charge is -2.05. The summed E-state index contributed by atoms with van der Waals surface area (Å²) in [6, 6.07) is 0. The van der Waals surface area contributed by atoms with E-state index in [0.29, 0.717) is 0 Å². The van der Waals surface area contributed by atoms with Gasteiger partial charge in [-0.1, -0.05) is 11.6 Å². The monoisotopic (exact) mass is 199 g/mol. The van der Waals surface area contributed by atoms with Gasteiger partial charge in [-0.25, -0.2) is 0 Å². The molecule has 1 radical (unpaired) electrons. The van der Waals surface area contributed by atoms with E-state index in [-0.39, 0.29) is 0 Å². The van der Waals surface area contributed by atoms with Crippen LogP contribution in [-0.2, 0) is 6.18 Å². The lowest BCUT2D eigenvalue weighted by Crippen LogP contribution is -2.11. The van der Waals surface area contributed by atoms with E-state index in [1.54, 1.807) is 6.20 Å². The lowest BCUT2D eigenvalue weighted by atomic mass is 10.4. The predicted octanol–water partition coefficient (Wildman–Crippen LogP) is 2.09. The van der Waals surface area contributed by atoms with Gasteiger partial charge in [-0.15, -0.1) is 0 Å². The third kappa shape index (κ3) is 1.82. The van der Waals surface area contributed by atoms with Crippen molar-refractivity contribution in [3.05, 3.63) is 23.0 Å². The van der Waals surface area contributed by atoms with Crippen LogP contribution in [0.3, 0.4) is 0 Å². The molecule has 0 aliphatic heterocycles. The number of hydrogen-bond donors (Lipinski definition) is 0. The van der Waals surface area contributed by atoms with Gasteiger partial charge in [-0.05, 0) is 0 Å². The Kier molecular flexibility index (Phi) is 2.18. The van der Waals surface area contributed by atoms with Gasteiger partial charge >= 0.3 is 12.3 Å². The summed E-state index contributed by atoms with van der Waals surface area (Å²) in [5.74, 6) is 0. The standard InChI is InChI=1S/C5ClF4N2/c6-2-1-11-4(7)12-3(2)5(8,9)10. The van der Waals surface area contributed by atoms with E-state index in [0.717, 1.165) is 0 Å². The molecule has 0 aromatic carbocycles. The number of aromatic nitrogens is 2. The van der Waals surface area contributed by atoms with Crippen molar-refractivity contribution in [2.24, 2.45) is 0 Å². The Bertz CT molecular complexity index is 298. The predicted molar refractivity (Wildman–Crippen MR) is 30.8 cm³/mol. The van der Waals surface area contributed by atoms with Crippen molar-refractivity contribution in [3.63, 3.8) is 0 Å². The summed E-state index contributed by atoms with van der Waals surface area (Å²) in [4.78, 5) is 5.20. The molecule has 0 spiro atoms. The Balaban J connectivity index is 3.23. The molecule has 65 valence electrons. The van der Waals surface area contributed by atoms with Crippen LogP contribution in [0, 0.1) is 12.3 Å². The molecule has 2 nitrogen and oxygen atoms in total. The van der Waals surface area contributed by atoms with Crippen LogP contribution < -0.4 is 0 Å². The van der Waals surface area contributed by atoms with Gasteiger partial charge in [0.05, 0.1) is 5.02 Å². The minimum absolute atomic E-state index is 0.844. The van der Waals surface area contributed by atoms with Crippen molar-refractivity contribution < 1.29 is 17.6 Å². The van der Waals surface area contributed by atoms with E-state index in [2.05, 4.69) is 9.97 Å². The first-order valence-electron chi connectivity index (χ1n) is 2.59. The highest BCUT2D eigenvalue weighted by Gasteiger charge is 2.36. The molecule has 0 N–H and O–H groups in total. The molecule has 0 unspecified atom stereocenters. The van der Waals surface area contributed by atoms with Crippen LogP contribution in [0.1, 0.15) is 5.69 Å². The zero-order valence-corrected chi connectivity index (χ0v) is 6.04. The molecule has 12 heavy (non-hydrogen) atoms. The highest BCUT2D eigenvalue weighted by Crippen LogP contribution is 2.31. The second kappa shape index (κ2) is 2.85. The molecule has 0 aliphatic carbocycles. The minimum Gasteiger partial charge on any atom is -0.199 e. The topological polar surface area (TPSA) is 25.8 Å². The molecular weight excluding hydrogens is 200 g/mol. The van der Waals surface area contributed by atoms with Gasteiger partial charge < -0.3 is 0 Å². The highest BCUT2D eigenvalue weighted by molar-refractivity contribution is 6.30. The second-order valence-corrected chi connectivity index (χ2v) is 2.14. The summed E-state index contributed by atoms with van der Waals surface area (Å²) in [7, 11) is 0. The maximum Gasteiger partial charge on any atom is 0.435 e. The fourth-order valence-electron chi connectivity index (χ4n) is 0.502. The van der Waals surface area contributed by atoms with Crippen LogP contribution >= 0.6 is 11.6 Å². The number of hydrogen-bond acceptors (Lipinski definition) is 2. The molecule has 1 aromatic rings. The smallest absolute Gasteiger partial charge is 0.199 e. The lowest BCUT2D eigenvalue weighted by molar-refractivity contribution is -0.141. The van der Waals surface area contributed by atoms with E-state index in [1.165, 1.54) is 0 Å². The highest BCUT2D eigenvalue weighted by atomic mass is 35.5. The van der Waals surface area contributed by atoms with Gasteiger partial charge in [0.25, 0.3) is 0 Å². The average molecular weight is 200 g/mol. The first-order chi connectivity index (χ1) is 5.41. The van der Waals surface area contributed by atoms with Crippen LogP contribution in [0.2, 0.25) is 5.02 Å². The zero-order valence-electron chi connectivity index (χ0n) is 5.28. The summed E-state index contributed by atoms with van der Waals surface area (Å²) in [5.41, 5.74) is -1.52. The number of rotatable bonds is 0. The molecule has 0 saturated carbocycles. The number of nitrogens with zero attached hydrogens (tertiary/aromatic N) is 2. The molecule has 0 atom stereocenters. The Morgan fingerprint density at radius 2 is 1.92 bits per heavy atom. The van der Waals surface area contributed by atoms with E-state index in [9.17, 15) is 17.6 Å². The molecule has 7 heteroatoms. The van der Waals surface area contributed by atoms with Crippen LogP contribution in [-0.4, -0.2) is 9.97 Å². The molecule has 0 bridgehead atoms. The van der Waals surface area contributed by atoms with Gasteiger partial charge in [0.2, 0.25) is 0 Å². The molecule has 1 heterocycles. The quantitative estimate of drug-likeness (QED) is 0.472. The molecule has 0 saturated heterocycles. The fourth-order valence-corrected chi connectivity index (χ4v) is 0.694. The van der Waals surface area contributed by atoms with Crippen molar-refractivity contribution in [1.29, 1.82) is 0 Å². The number of alkyl halides is 3. The second-order valence-electron chi connectivity index (χ2n) is 1.76. The maximum absolute atomic E-state index is 12.1. The molecule has 0 aliphatic rings. The van der Waals surface area contributed by atoms with Gasteiger partial charge in [0.1, 0.15) is 6.20 Å². The van der Waals surface area contributed by atoms with Crippen LogP contribution in [0.4, 0.5) is 17.6 Å². The molecule has 0 amide bonds. The van der Waals surface area contributed by atoms with Crippen molar-refractivity contribution >= 4 is 11.6 Å². The summed E-state index contributed by atoms with van der Waals surface area (Å²) in [6.45, 7) is 0. The fraction of sp³-hybridized carbons (Fsp3) is 0.200. The van der Waals surface area contributed by atoms with E-state index < -0.39 is 23.0 Å². The first-order valence-corrected chi connectivity index (χ1v) is 2.97. The first kappa shape index (κ1) is 9.18. The SMILES string of the molecule is Fc1n[c]c(Cl)c(C(F)(F)F)n1. The maximum atomic E-state index is 12.1. The Hall–Kier alpha value is -0.910. The van der Waals surface area contributed by atoms with Gasteiger partial charge in [-0.3, -0.25) is 0 Å². The normalized spacial score (nSPS) is 11.8. The van der Waals surface area contributed by atoms with Gasteiger partial charge in [0.15, 0.2) is 5.69 Å². The van der Waals surface area contributed by atoms with E-state index in [1.807, 2.05) is 0 Å². The third-order valence-corrected chi connectivity index (χ3v) is 1.19. The van der Waals surface area contributed by atoms with Crippen molar-refractivity contribution in [1.82, 2.24) is 9.97 Å². The van der Waals surface area contributed by atoms with E-state index in [4.69, 9.17) is 11.6 Å². The van der Waals surface area contributed by atoms with Crippen LogP contribution in [0.5, 0.6) is 0 Å². The number of halogens is 5. The van der Waals surface area contributed by atoms with Crippen molar-refractivity contribution in [2.75, 3.05) is 0 Å². The summed E-state index contributed by atoms with van der Waals surface area (Å²) in [5, 5.41) is -0.844. The Labute approximate surface area is 69.2 Å². The van der Waals surface area contributed by atoms with Crippen molar-refractivity contribution in [2.45, 2.75) is 6.18 Å². The minimum atomic E-state index is -4.78. The molecular formula is C5ClF4N2. The Morgan fingerprint density at radius 1 is 1.33 bits per heavy atom. The largest absolute Gasteiger partial charge is 0.435 e. The molecule has 0 fully saturated rings. The van der Waals surface area contributed by atoms with Gasteiger partial charge in [0, 0.05) is 0 Å². The van der Waals surface area contributed by atoms with Crippen molar-refractivity contribution in [3.8, 4) is 0 Å². The molecule has 1 rings (SSSR count). The van der Waals surface area contributed by atoms with Crippen LogP contribution in [0.15, 0.2) is 0 Å². The van der Waals surface area contributed by atoms with E-state index >= 15 is 0 Å². The van der Waals surface area contributed by atoms with Crippen LogP contribution in [0.25, 0.3) is 0 Å².